The number of nitrogens with zero attached hydrogens (tertiary/aromatic N) is 2. The smallest absolute Gasteiger partial charge is 0.369 e. The van der Waals surface area contributed by atoms with E-state index in [-0.39, 0.29) is 10.5 Å². The Morgan fingerprint density at radius 3 is 2.81 bits per heavy atom. The van der Waals surface area contributed by atoms with Crippen molar-refractivity contribution in [1.82, 2.24) is 4.48 Å². The number of nitrogens with two attached hydrogens (primary N) is 1. The molecule has 2 amide bonds. The normalized spacial score (nSPS) is 24.8. The van der Waals surface area contributed by atoms with Gasteiger partial charge in [-0.3, -0.25) is 0 Å². The maximum atomic E-state index is 11.7. The van der Waals surface area contributed by atoms with Crippen molar-refractivity contribution < 1.29 is 4.79 Å². The molecular weight excluding hydrogens is 202 g/mol. The van der Waals surface area contributed by atoms with Crippen LogP contribution in [0.5, 0.6) is 0 Å². The largest absolute Gasteiger partial charge is 0.418 e. The van der Waals surface area contributed by atoms with Crippen molar-refractivity contribution in [1.29, 1.82) is 0 Å². The molecule has 1 radical (unpaired) electrons. The van der Waals surface area contributed by atoms with Crippen LogP contribution in [-0.4, -0.2) is 33.2 Å². The van der Waals surface area contributed by atoms with Crippen molar-refractivity contribution in [3.8, 4) is 0 Å². The summed E-state index contributed by atoms with van der Waals surface area (Å²) < 4.78 is 0.139. The van der Waals surface area contributed by atoms with Crippen LogP contribution in [0.1, 0.15) is 0 Å². The van der Waals surface area contributed by atoms with Gasteiger partial charge in [0.15, 0.2) is 5.69 Å². The molecule has 0 aliphatic carbocycles. The van der Waals surface area contributed by atoms with Gasteiger partial charge in [0.05, 0.1) is 19.3 Å². The monoisotopic (exact) mass is 219 g/mol. The zero-order chi connectivity index (χ0) is 11.8. The minimum Gasteiger partial charge on any atom is -0.369 e. The molecule has 1 unspecified atom stereocenters. The number of anilines is 1. The van der Waals surface area contributed by atoms with E-state index in [2.05, 4.69) is 11.3 Å². The van der Waals surface area contributed by atoms with Crippen molar-refractivity contribution in [2.45, 2.75) is 0 Å². The topological polar surface area (TPSA) is 46.3 Å². The fourth-order valence-electron chi connectivity index (χ4n) is 2.12. The number of para-hydroxylation sites is 2. The van der Waals surface area contributed by atoms with Gasteiger partial charge in [0.25, 0.3) is 0 Å². The predicted octanol–water partition coefficient (Wildman–Crippen LogP) is 1.36. The Labute approximate surface area is 95.8 Å². The zero-order valence-corrected chi connectivity index (χ0v) is 9.68. The molecule has 16 heavy (non-hydrogen) atoms. The van der Waals surface area contributed by atoms with Crippen LogP contribution >= 0.6 is 0 Å². The van der Waals surface area contributed by atoms with Crippen LogP contribution in [0.4, 0.5) is 16.2 Å². The Balaban J connectivity index is 2.59. The molecule has 0 bridgehead atoms. The summed E-state index contributed by atoms with van der Waals surface area (Å²) in [7, 11) is 3.88. The summed E-state index contributed by atoms with van der Waals surface area (Å²) in [4.78, 5) is 13.8. The van der Waals surface area contributed by atoms with Crippen LogP contribution in [0.2, 0.25) is 0 Å². The molecule has 1 aromatic rings. The van der Waals surface area contributed by atoms with Gasteiger partial charge in [-0.05, 0) is 6.07 Å². The first-order valence-corrected chi connectivity index (χ1v) is 5.33. The molecule has 1 aromatic carbocycles. The maximum Gasteiger partial charge on any atom is 0.418 e. The van der Waals surface area contributed by atoms with Crippen LogP contribution < -0.4 is 15.1 Å². The second kappa shape index (κ2) is 3.79. The number of urea groups is 1. The first kappa shape index (κ1) is 11.0. The third-order valence-electron chi connectivity index (χ3n) is 3.21. The average molecular weight is 219 g/mol. The Hall–Kier alpha value is -1.55. The number of quaternary nitrogens is 1. The van der Waals surface area contributed by atoms with Gasteiger partial charge < -0.3 is 10.6 Å². The van der Waals surface area contributed by atoms with Gasteiger partial charge in [0, 0.05) is 26.1 Å². The molecule has 1 atom stereocenters. The maximum absolute atomic E-state index is 11.7. The van der Waals surface area contributed by atoms with Gasteiger partial charge in [0.1, 0.15) is 0 Å². The van der Waals surface area contributed by atoms with E-state index in [4.69, 9.17) is 5.73 Å². The number of amides is 2. The number of fused-ring (bicyclic) bond motifs is 1. The second-order valence-electron chi connectivity index (χ2n) is 4.37. The minimum atomic E-state index is -0.320. The molecule has 4 nitrogen and oxygen atoms in total. The first-order chi connectivity index (χ1) is 7.55. The van der Waals surface area contributed by atoms with E-state index < -0.39 is 0 Å². The van der Waals surface area contributed by atoms with E-state index in [0.29, 0.717) is 6.54 Å². The molecule has 0 saturated heterocycles. The molecule has 0 aromatic heterocycles. The summed E-state index contributed by atoms with van der Waals surface area (Å²) in [6.07, 6.45) is 2.09. The van der Waals surface area contributed by atoms with Gasteiger partial charge in [-0.25, -0.2) is 9.28 Å². The number of hydrogen-bond acceptors (Lipinski definition) is 2. The summed E-state index contributed by atoms with van der Waals surface area (Å²) in [6, 6.07) is 7.59. The van der Waals surface area contributed by atoms with E-state index in [0.717, 1.165) is 17.9 Å². The highest BCUT2D eigenvalue weighted by atomic mass is 16.2. The van der Waals surface area contributed by atoms with E-state index >= 15 is 0 Å². The van der Waals surface area contributed by atoms with Crippen molar-refractivity contribution >= 4 is 17.4 Å². The predicted molar refractivity (Wildman–Crippen MR) is 66.2 cm³/mol. The third kappa shape index (κ3) is 1.55. The van der Waals surface area contributed by atoms with Gasteiger partial charge in [-0.2, -0.15) is 0 Å². The molecule has 2 N–H and O–H groups in total. The SMILES string of the molecule is CN1C[CH]C[N+](C)(C(N)=O)c2ccccc21. The molecule has 1 aliphatic rings. The quantitative estimate of drug-likeness (QED) is 0.670. The van der Waals surface area contributed by atoms with Crippen molar-refractivity contribution in [2.75, 3.05) is 32.1 Å². The number of hydrogen-bond donors (Lipinski definition) is 1. The molecule has 0 spiro atoms. The van der Waals surface area contributed by atoms with E-state index in [1.54, 1.807) is 0 Å². The van der Waals surface area contributed by atoms with E-state index in [1.807, 2.05) is 38.4 Å². The minimum absolute atomic E-state index is 0.139. The Morgan fingerprint density at radius 1 is 1.44 bits per heavy atom. The lowest BCUT2D eigenvalue weighted by Gasteiger charge is -2.29. The standard InChI is InChI=1S/C12H16N3O/c1-14-8-5-9-15(2,12(13)16)11-7-4-3-6-10(11)14/h3-7H,8-9H2,1-2H3,(H-,13,16)/p+1. The molecule has 2 rings (SSSR count). The Kier molecular flexibility index (Phi) is 2.59. The second-order valence-corrected chi connectivity index (χ2v) is 4.37. The highest BCUT2D eigenvalue weighted by Crippen LogP contribution is 2.34. The van der Waals surface area contributed by atoms with Gasteiger partial charge in [-0.1, -0.05) is 12.1 Å². The summed E-state index contributed by atoms with van der Waals surface area (Å²) in [5, 5.41) is 0. The fraction of sp³-hybridized carbons (Fsp3) is 0.333. The highest BCUT2D eigenvalue weighted by Gasteiger charge is 2.37. The van der Waals surface area contributed by atoms with E-state index in [1.165, 1.54) is 0 Å². The van der Waals surface area contributed by atoms with Crippen LogP contribution in [0.3, 0.4) is 0 Å². The lowest BCUT2D eigenvalue weighted by molar-refractivity contribution is 0.222. The number of benzene rings is 1. The van der Waals surface area contributed by atoms with Crippen LogP contribution in [0.15, 0.2) is 24.3 Å². The molecule has 85 valence electrons. The zero-order valence-electron chi connectivity index (χ0n) is 9.68. The van der Waals surface area contributed by atoms with Gasteiger partial charge in [-0.15, -0.1) is 0 Å². The van der Waals surface area contributed by atoms with Gasteiger partial charge >= 0.3 is 6.03 Å². The van der Waals surface area contributed by atoms with Crippen molar-refractivity contribution in [3.63, 3.8) is 0 Å². The number of primary amides is 1. The molecule has 4 heteroatoms. The summed E-state index contributed by atoms with van der Waals surface area (Å²) in [5.74, 6) is 0. The summed E-state index contributed by atoms with van der Waals surface area (Å²) in [6.45, 7) is 1.47. The number of rotatable bonds is 0. The van der Waals surface area contributed by atoms with Crippen molar-refractivity contribution in [3.05, 3.63) is 30.7 Å². The summed E-state index contributed by atoms with van der Waals surface area (Å²) >= 11 is 0. The number of carbonyl (C=O) groups excluding carboxylic acids is 1. The molecule has 0 saturated carbocycles. The fourth-order valence-corrected chi connectivity index (χ4v) is 2.12. The molecular formula is C12H17N3O+. The van der Waals surface area contributed by atoms with Crippen LogP contribution in [0, 0.1) is 6.42 Å². The molecule has 1 aliphatic heterocycles. The number of carbonyl (C=O) groups is 1. The third-order valence-corrected chi connectivity index (χ3v) is 3.21. The average Bonchev–Trinajstić information content (AvgIpc) is 2.40. The first-order valence-electron chi connectivity index (χ1n) is 5.33. The Bertz CT molecular complexity index is 418. The van der Waals surface area contributed by atoms with Crippen molar-refractivity contribution in [2.24, 2.45) is 5.73 Å². The lowest BCUT2D eigenvalue weighted by Crippen LogP contribution is -2.54. The van der Waals surface area contributed by atoms with Crippen LogP contribution in [0.25, 0.3) is 0 Å². The highest BCUT2D eigenvalue weighted by molar-refractivity contribution is 5.90. The lowest BCUT2D eigenvalue weighted by atomic mass is 10.2. The molecule has 0 fully saturated rings. The Morgan fingerprint density at radius 2 is 2.12 bits per heavy atom. The van der Waals surface area contributed by atoms with Gasteiger partial charge in [0.2, 0.25) is 0 Å². The van der Waals surface area contributed by atoms with E-state index in [9.17, 15) is 4.79 Å². The molecule has 1 heterocycles. The summed E-state index contributed by atoms with van der Waals surface area (Å²) in [5.41, 5.74) is 7.56. The van der Waals surface area contributed by atoms with Crippen LogP contribution in [-0.2, 0) is 0 Å².